The molecule has 1 aliphatic heterocycles. The monoisotopic (exact) mass is 258 g/mol. The zero-order chi connectivity index (χ0) is 13.3. The van der Waals surface area contributed by atoms with E-state index in [0.29, 0.717) is 11.3 Å². The minimum atomic E-state index is -4.40. The topological polar surface area (TPSA) is 35.5 Å². The van der Waals surface area contributed by atoms with Crippen molar-refractivity contribution in [3.05, 3.63) is 41.2 Å². The number of ether oxygens (including phenoxy) is 2. The third-order valence-corrected chi connectivity index (χ3v) is 2.56. The molecule has 3 nitrogen and oxygen atoms in total. The first-order valence-electron chi connectivity index (χ1n) is 5.05. The lowest BCUT2D eigenvalue weighted by Gasteiger charge is -2.07. The van der Waals surface area contributed by atoms with Crippen LogP contribution in [0, 0.1) is 0 Å². The maximum atomic E-state index is 12.4. The number of methoxy groups -OCH3 is 1. The van der Waals surface area contributed by atoms with Crippen molar-refractivity contribution in [1.82, 2.24) is 0 Å². The molecular weight excluding hydrogens is 249 g/mol. The molecule has 0 unspecified atom stereocenters. The average molecular weight is 258 g/mol. The van der Waals surface area contributed by atoms with Crippen LogP contribution in [0.2, 0.25) is 0 Å². The lowest BCUT2D eigenvalue weighted by molar-refractivity contribution is -0.137. The van der Waals surface area contributed by atoms with E-state index < -0.39 is 17.7 Å². The van der Waals surface area contributed by atoms with Crippen molar-refractivity contribution in [2.45, 2.75) is 6.18 Å². The van der Waals surface area contributed by atoms with E-state index in [2.05, 4.69) is 0 Å². The number of benzene rings is 1. The fourth-order valence-corrected chi connectivity index (χ4v) is 1.65. The van der Waals surface area contributed by atoms with Crippen molar-refractivity contribution < 1.29 is 27.4 Å². The molecular formula is C12H9F3O3. The van der Waals surface area contributed by atoms with Gasteiger partial charge < -0.3 is 9.47 Å². The maximum Gasteiger partial charge on any atom is 0.416 e. The lowest BCUT2D eigenvalue weighted by atomic mass is 10.0. The fourth-order valence-electron chi connectivity index (χ4n) is 1.65. The van der Waals surface area contributed by atoms with E-state index in [1.54, 1.807) is 0 Å². The van der Waals surface area contributed by atoms with Gasteiger partial charge in [-0.2, -0.15) is 13.2 Å². The Balaban J connectivity index is 2.38. The molecule has 18 heavy (non-hydrogen) atoms. The molecule has 1 aromatic carbocycles. The Kier molecular flexibility index (Phi) is 3.02. The molecule has 0 aliphatic carbocycles. The fraction of sp³-hybridized carbons (Fsp3) is 0.250. The molecule has 1 aliphatic rings. The molecule has 0 amide bonds. The molecule has 0 atom stereocenters. The van der Waals surface area contributed by atoms with Gasteiger partial charge in [0.15, 0.2) is 0 Å². The number of rotatable bonds is 2. The molecule has 0 radical (unpaired) electrons. The molecule has 0 bridgehead atoms. The Morgan fingerprint density at radius 2 is 1.83 bits per heavy atom. The standard InChI is InChI=1S/C12H9F3O3/c1-17-9-6-18-11(16)10(9)7-2-4-8(5-3-7)12(13,14)15/h2-5H,6H2,1H3. The number of carbonyl (C=O) groups is 1. The van der Waals surface area contributed by atoms with Crippen LogP contribution in [0.4, 0.5) is 13.2 Å². The second-order valence-electron chi connectivity index (χ2n) is 3.65. The van der Waals surface area contributed by atoms with Crippen LogP contribution in [0.15, 0.2) is 30.0 Å². The maximum absolute atomic E-state index is 12.4. The van der Waals surface area contributed by atoms with E-state index in [1.165, 1.54) is 19.2 Å². The Labute approximate surface area is 101 Å². The van der Waals surface area contributed by atoms with E-state index >= 15 is 0 Å². The number of hydrogen-bond donors (Lipinski definition) is 0. The van der Waals surface area contributed by atoms with Crippen LogP contribution >= 0.6 is 0 Å². The van der Waals surface area contributed by atoms with Crippen molar-refractivity contribution in [2.24, 2.45) is 0 Å². The predicted molar refractivity (Wildman–Crippen MR) is 56.3 cm³/mol. The van der Waals surface area contributed by atoms with Gasteiger partial charge in [-0.3, -0.25) is 0 Å². The van der Waals surface area contributed by atoms with Gasteiger partial charge in [-0.15, -0.1) is 0 Å². The van der Waals surface area contributed by atoms with E-state index in [9.17, 15) is 18.0 Å². The van der Waals surface area contributed by atoms with Gasteiger partial charge in [0.05, 0.1) is 12.7 Å². The Hall–Kier alpha value is -1.98. The van der Waals surface area contributed by atoms with Crippen LogP contribution in [0.25, 0.3) is 5.57 Å². The van der Waals surface area contributed by atoms with Crippen LogP contribution in [0.3, 0.4) is 0 Å². The summed E-state index contributed by atoms with van der Waals surface area (Å²) in [6, 6.07) is 4.29. The summed E-state index contributed by atoms with van der Waals surface area (Å²) in [5.74, 6) is -0.272. The molecule has 0 spiro atoms. The summed E-state index contributed by atoms with van der Waals surface area (Å²) in [6.45, 7) is 0.00564. The Bertz CT molecular complexity index is 500. The van der Waals surface area contributed by atoms with Crippen molar-refractivity contribution in [1.29, 1.82) is 0 Å². The first kappa shape index (κ1) is 12.5. The van der Waals surface area contributed by atoms with Gasteiger partial charge in [-0.05, 0) is 17.7 Å². The van der Waals surface area contributed by atoms with Crippen LogP contribution in [-0.2, 0) is 20.4 Å². The van der Waals surface area contributed by atoms with Gasteiger partial charge in [0.25, 0.3) is 0 Å². The summed E-state index contributed by atoms with van der Waals surface area (Å²) in [6.07, 6.45) is -4.40. The summed E-state index contributed by atoms with van der Waals surface area (Å²) in [5, 5.41) is 0. The SMILES string of the molecule is COC1=C(c2ccc(C(F)(F)F)cc2)C(=O)OC1. The molecule has 0 fully saturated rings. The van der Waals surface area contributed by atoms with Crippen LogP contribution in [-0.4, -0.2) is 19.7 Å². The minimum absolute atomic E-state index is 0.00564. The first-order valence-corrected chi connectivity index (χ1v) is 5.05. The summed E-state index contributed by atoms with van der Waals surface area (Å²) in [4.78, 5) is 11.4. The highest BCUT2D eigenvalue weighted by molar-refractivity contribution is 6.18. The van der Waals surface area contributed by atoms with E-state index in [0.717, 1.165) is 12.1 Å². The molecule has 2 rings (SSSR count). The third-order valence-electron chi connectivity index (χ3n) is 2.56. The van der Waals surface area contributed by atoms with E-state index in [-0.39, 0.29) is 12.2 Å². The number of alkyl halides is 3. The van der Waals surface area contributed by atoms with Crippen LogP contribution in [0.1, 0.15) is 11.1 Å². The Morgan fingerprint density at radius 1 is 1.22 bits per heavy atom. The van der Waals surface area contributed by atoms with Crippen molar-refractivity contribution in [3.8, 4) is 0 Å². The van der Waals surface area contributed by atoms with Crippen LogP contribution in [0.5, 0.6) is 0 Å². The van der Waals surface area contributed by atoms with Crippen molar-refractivity contribution in [2.75, 3.05) is 13.7 Å². The number of carbonyl (C=O) groups excluding carboxylic acids is 1. The molecule has 1 aromatic rings. The molecule has 96 valence electrons. The molecule has 0 aromatic heterocycles. The summed E-state index contributed by atoms with van der Waals surface area (Å²) >= 11 is 0. The van der Waals surface area contributed by atoms with Gasteiger partial charge in [-0.25, -0.2) is 4.79 Å². The largest absolute Gasteiger partial charge is 0.497 e. The zero-order valence-electron chi connectivity index (χ0n) is 9.38. The zero-order valence-corrected chi connectivity index (χ0v) is 9.38. The highest BCUT2D eigenvalue weighted by Gasteiger charge is 2.31. The number of esters is 1. The number of cyclic esters (lactones) is 1. The van der Waals surface area contributed by atoms with Gasteiger partial charge in [0, 0.05) is 0 Å². The molecule has 0 saturated heterocycles. The van der Waals surface area contributed by atoms with Gasteiger partial charge >= 0.3 is 12.1 Å². The molecule has 0 saturated carbocycles. The van der Waals surface area contributed by atoms with Crippen LogP contribution < -0.4 is 0 Å². The smallest absolute Gasteiger partial charge is 0.416 e. The number of hydrogen-bond acceptors (Lipinski definition) is 3. The summed E-state index contributed by atoms with van der Waals surface area (Å²) in [7, 11) is 1.38. The highest BCUT2D eigenvalue weighted by atomic mass is 19.4. The second-order valence-corrected chi connectivity index (χ2v) is 3.65. The molecule has 1 heterocycles. The lowest BCUT2D eigenvalue weighted by Crippen LogP contribution is -2.05. The minimum Gasteiger partial charge on any atom is -0.497 e. The Morgan fingerprint density at radius 3 is 2.33 bits per heavy atom. The third kappa shape index (κ3) is 2.18. The normalized spacial score (nSPS) is 15.9. The summed E-state index contributed by atoms with van der Waals surface area (Å²) in [5.41, 5.74) is -0.245. The van der Waals surface area contributed by atoms with Gasteiger partial charge in [-0.1, -0.05) is 12.1 Å². The number of halogens is 3. The summed E-state index contributed by atoms with van der Waals surface area (Å²) < 4.78 is 46.9. The quantitative estimate of drug-likeness (QED) is 0.765. The molecule has 6 heteroatoms. The average Bonchev–Trinajstić information content (AvgIpc) is 2.69. The second kappa shape index (κ2) is 4.36. The molecule has 0 N–H and O–H groups in total. The van der Waals surface area contributed by atoms with Crippen molar-refractivity contribution >= 4 is 11.5 Å². The van der Waals surface area contributed by atoms with Crippen molar-refractivity contribution in [3.63, 3.8) is 0 Å². The highest BCUT2D eigenvalue weighted by Crippen LogP contribution is 2.32. The first-order chi connectivity index (χ1) is 8.43. The predicted octanol–water partition coefficient (Wildman–Crippen LogP) is 2.62. The van der Waals surface area contributed by atoms with E-state index in [1.807, 2.05) is 0 Å². The van der Waals surface area contributed by atoms with E-state index in [4.69, 9.17) is 9.47 Å². The van der Waals surface area contributed by atoms with Gasteiger partial charge in [0.2, 0.25) is 0 Å². The van der Waals surface area contributed by atoms with Gasteiger partial charge in [0.1, 0.15) is 17.9 Å².